The summed E-state index contributed by atoms with van der Waals surface area (Å²) in [6.07, 6.45) is 5.23. The summed E-state index contributed by atoms with van der Waals surface area (Å²) in [7, 11) is -4.06. The summed E-state index contributed by atoms with van der Waals surface area (Å²) in [5.74, 6) is -0.258. The van der Waals surface area contributed by atoms with Crippen LogP contribution in [-0.2, 0) is 16.5 Å². The SMILES string of the molecule is O=S(=O)([O-])CCCC1=Cc2ccccc2CC1. The highest BCUT2D eigenvalue weighted by Crippen LogP contribution is 2.26. The predicted octanol–water partition coefficient (Wildman–Crippen LogP) is 2.34. The highest BCUT2D eigenvalue weighted by Gasteiger charge is 2.09. The molecule has 3 nitrogen and oxygen atoms in total. The fourth-order valence-corrected chi connectivity index (χ4v) is 2.66. The van der Waals surface area contributed by atoms with Crippen molar-refractivity contribution < 1.29 is 13.0 Å². The molecular formula is C13H15O3S-. The van der Waals surface area contributed by atoms with Crippen molar-refractivity contribution in [1.82, 2.24) is 0 Å². The molecule has 0 bridgehead atoms. The van der Waals surface area contributed by atoms with Crippen LogP contribution in [0.3, 0.4) is 0 Å². The third-order valence-electron chi connectivity index (χ3n) is 3.02. The number of fused-ring (bicyclic) bond motifs is 1. The van der Waals surface area contributed by atoms with Gasteiger partial charge in [0.25, 0.3) is 0 Å². The van der Waals surface area contributed by atoms with Crippen molar-refractivity contribution in [2.24, 2.45) is 0 Å². The van der Waals surface area contributed by atoms with Crippen LogP contribution in [0.4, 0.5) is 0 Å². The molecule has 0 amide bonds. The average Bonchev–Trinajstić information content (AvgIpc) is 2.27. The van der Waals surface area contributed by atoms with Crippen LogP contribution in [0, 0.1) is 0 Å². The minimum atomic E-state index is -4.06. The first-order chi connectivity index (χ1) is 8.04. The van der Waals surface area contributed by atoms with Crippen LogP contribution in [0.25, 0.3) is 6.08 Å². The van der Waals surface area contributed by atoms with Gasteiger partial charge in [-0.3, -0.25) is 0 Å². The molecule has 1 aromatic rings. The highest BCUT2D eigenvalue weighted by molar-refractivity contribution is 7.85. The zero-order valence-corrected chi connectivity index (χ0v) is 10.4. The van der Waals surface area contributed by atoms with Gasteiger partial charge in [-0.2, -0.15) is 0 Å². The lowest BCUT2D eigenvalue weighted by Gasteiger charge is -2.16. The Hall–Kier alpha value is -1.13. The standard InChI is InChI=1S/C13H16O3S/c14-17(15,16)9-3-4-11-7-8-12-5-1-2-6-13(12)10-11/h1-2,5-6,10H,3-4,7-9H2,(H,14,15,16)/p-1. The molecule has 0 heterocycles. The third kappa shape index (κ3) is 3.68. The van der Waals surface area contributed by atoms with Crippen LogP contribution in [0.1, 0.15) is 30.4 Å². The summed E-state index contributed by atoms with van der Waals surface area (Å²) in [5.41, 5.74) is 3.80. The molecule has 1 aliphatic carbocycles. The van der Waals surface area contributed by atoms with Crippen molar-refractivity contribution >= 4 is 16.2 Å². The molecule has 1 aromatic carbocycles. The van der Waals surface area contributed by atoms with Crippen molar-refractivity contribution in [3.63, 3.8) is 0 Å². The average molecular weight is 251 g/mol. The molecular weight excluding hydrogens is 236 g/mol. The molecule has 0 spiro atoms. The van der Waals surface area contributed by atoms with Crippen molar-refractivity contribution in [2.45, 2.75) is 25.7 Å². The van der Waals surface area contributed by atoms with Crippen molar-refractivity contribution in [3.8, 4) is 0 Å². The maximum absolute atomic E-state index is 10.5. The molecule has 0 saturated heterocycles. The van der Waals surface area contributed by atoms with Crippen LogP contribution in [-0.4, -0.2) is 18.7 Å². The predicted molar refractivity (Wildman–Crippen MR) is 66.5 cm³/mol. The molecule has 4 heteroatoms. The van der Waals surface area contributed by atoms with Crippen LogP contribution in [0.15, 0.2) is 29.8 Å². The summed E-state index contributed by atoms with van der Waals surface area (Å²) in [4.78, 5) is 0. The fraction of sp³-hybridized carbons (Fsp3) is 0.385. The van der Waals surface area contributed by atoms with E-state index in [1.807, 2.05) is 12.1 Å². The second-order valence-corrected chi connectivity index (χ2v) is 5.89. The first-order valence-electron chi connectivity index (χ1n) is 5.75. The summed E-state index contributed by atoms with van der Waals surface area (Å²) < 4.78 is 31.5. The van der Waals surface area contributed by atoms with E-state index in [2.05, 4.69) is 18.2 Å². The van der Waals surface area contributed by atoms with Crippen LogP contribution < -0.4 is 0 Å². The molecule has 0 atom stereocenters. The molecule has 0 unspecified atom stereocenters. The van der Waals surface area contributed by atoms with Gasteiger partial charge in [0.1, 0.15) is 0 Å². The number of rotatable bonds is 4. The molecule has 92 valence electrons. The second-order valence-electron chi connectivity index (χ2n) is 4.37. The molecule has 0 radical (unpaired) electrons. The normalized spacial score (nSPS) is 15.2. The molecule has 0 aliphatic heterocycles. The topological polar surface area (TPSA) is 57.2 Å². The van der Waals surface area contributed by atoms with Gasteiger partial charge in [-0.25, -0.2) is 8.42 Å². The van der Waals surface area contributed by atoms with Gasteiger partial charge in [0, 0.05) is 5.75 Å². The van der Waals surface area contributed by atoms with E-state index in [-0.39, 0.29) is 5.75 Å². The first kappa shape index (κ1) is 12.3. The Morgan fingerprint density at radius 1 is 1.18 bits per heavy atom. The zero-order valence-electron chi connectivity index (χ0n) is 9.56. The van der Waals surface area contributed by atoms with E-state index >= 15 is 0 Å². The lowest BCUT2D eigenvalue weighted by atomic mass is 9.90. The van der Waals surface area contributed by atoms with E-state index in [1.54, 1.807) is 0 Å². The molecule has 0 fully saturated rings. The third-order valence-corrected chi connectivity index (χ3v) is 3.81. The summed E-state index contributed by atoms with van der Waals surface area (Å²) in [6.45, 7) is 0. The first-order valence-corrected chi connectivity index (χ1v) is 7.33. The Labute approximate surface area is 102 Å². The van der Waals surface area contributed by atoms with Gasteiger partial charge in [-0.1, -0.05) is 35.9 Å². The highest BCUT2D eigenvalue weighted by atomic mass is 32.2. The van der Waals surface area contributed by atoms with E-state index in [1.165, 1.54) is 16.7 Å². The van der Waals surface area contributed by atoms with Crippen LogP contribution in [0.2, 0.25) is 0 Å². The lowest BCUT2D eigenvalue weighted by Crippen LogP contribution is -2.05. The molecule has 2 rings (SSSR count). The van der Waals surface area contributed by atoms with E-state index in [0.717, 1.165) is 12.8 Å². The van der Waals surface area contributed by atoms with Gasteiger partial charge >= 0.3 is 0 Å². The number of allylic oxidation sites excluding steroid dienone is 1. The Morgan fingerprint density at radius 3 is 2.71 bits per heavy atom. The van der Waals surface area contributed by atoms with Crippen LogP contribution >= 0.6 is 0 Å². The van der Waals surface area contributed by atoms with Gasteiger partial charge in [-0.05, 0) is 36.8 Å². The van der Waals surface area contributed by atoms with Crippen molar-refractivity contribution in [1.29, 1.82) is 0 Å². The molecule has 1 aliphatic rings. The summed E-state index contributed by atoms with van der Waals surface area (Å²) >= 11 is 0. The number of benzene rings is 1. The maximum atomic E-state index is 10.5. The van der Waals surface area contributed by atoms with Gasteiger partial charge < -0.3 is 4.55 Å². The fourth-order valence-electron chi connectivity index (χ4n) is 2.16. The Morgan fingerprint density at radius 2 is 1.94 bits per heavy atom. The molecule has 0 N–H and O–H groups in total. The Balaban J connectivity index is 1.98. The minimum Gasteiger partial charge on any atom is -0.748 e. The molecule has 0 saturated carbocycles. The summed E-state index contributed by atoms with van der Waals surface area (Å²) in [6, 6.07) is 8.21. The Kier molecular flexibility index (Phi) is 3.64. The van der Waals surface area contributed by atoms with Crippen molar-refractivity contribution in [2.75, 3.05) is 5.75 Å². The van der Waals surface area contributed by atoms with Gasteiger partial charge in [0.05, 0.1) is 10.1 Å². The molecule has 0 aromatic heterocycles. The number of hydrogen-bond donors (Lipinski definition) is 0. The maximum Gasteiger partial charge on any atom is 0.0946 e. The van der Waals surface area contributed by atoms with Gasteiger partial charge in [0.15, 0.2) is 0 Å². The largest absolute Gasteiger partial charge is 0.748 e. The van der Waals surface area contributed by atoms with Gasteiger partial charge in [-0.15, -0.1) is 0 Å². The van der Waals surface area contributed by atoms with E-state index < -0.39 is 10.1 Å². The van der Waals surface area contributed by atoms with E-state index in [0.29, 0.717) is 12.8 Å². The number of hydrogen-bond acceptors (Lipinski definition) is 3. The smallest absolute Gasteiger partial charge is 0.0946 e. The minimum absolute atomic E-state index is 0.258. The zero-order chi connectivity index (χ0) is 12.3. The number of aryl methyl sites for hydroxylation is 1. The van der Waals surface area contributed by atoms with E-state index in [9.17, 15) is 13.0 Å². The quantitative estimate of drug-likeness (QED) is 0.772. The Bertz CT molecular complexity index is 529. The molecule has 17 heavy (non-hydrogen) atoms. The van der Waals surface area contributed by atoms with Crippen LogP contribution in [0.5, 0.6) is 0 Å². The second kappa shape index (κ2) is 5.02. The lowest BCUT2D eigenvalue weighted by molar-refractivity contribution is 0.461. The van der Waals surface area contributed by atoms with Gasteiger partial charge in [0.2, 0.25) is 0 Å². The van der Waals surface area contributed by atoms with Crippen molar-refractivity contribution in [3.05, 3.63) is 41.0 Å². The summed E-state index contributed by atoms with van der Waals surface area (Å²) in [5, 5.41) is 0. The monoisotopic (exact) mass is 251 g/mol. The van der Waals surface area contributed by atoms with E-state index in [4.69, 9.17) is 0 Å².